The summed E-state index contributed by atoms with van der Waals surface area (Å²) in [6.07, 6.45) is 0.757. The fourth-order valence-corrected chi connectivity index (χ4v) is 1.51. The minimum atomic E-state index is 0.757. The van der Waals surface area contributed by atoms with Gasteiger partial charge in [0, 0.05) is 12.5 Å². The average molecular weight is 257 g/mol. The van der Waals surface area contributed by atoms with Gasteiger partial charge in [0.25, 0.3) is 0 Å². The van der Waals surface area contributed by atoms with E-state index in [0.29, 0.717) is 0 Å². The summed E-state index contributed by atoms with van der Waals surface area (Å²) in [7, 11) is 3.28. The van der Waals surface area contributed by atoms with E-state index in [1.807, 2.05) is 18.2 Å². The van der Waals surface area contributed by atoms with E-state index in [-0.39, 0.29) is 0 Å². The van der Waals surface area contributed by atoms with Gasteiger partial charge in [-0.1, -0.05) is 28.6 Å². The first kappa shape index (κ1) is 11.1. The molecule has 0 aromatic heterocycles. The number of methoxy groups -OCH3 is 2. The molecule has 0 unspecified atom stereocenters. The average Bonchev–Trinajstić information content (AvgIpc) is 2.17. The Morgan fingerprint density at radius 1 is 1.36 bits per heavy atom. The predicted molar refractivity (Wildman–Crippen MR) is 61.3 cm³/mol. The highest BCUT2D eigenvalue weighted by Crippen LogP contribution is 2.27. The number of ether oxygens (including phenoxy) is 2. The molecule has 0 aliphatic carbocycles. The van der Waals surface area contributed by atoms with Crippen LogP contribution in [0.5, 0.6) is 11.5 Å². The summed E-state index contributed by atoms with van der Waals surface area (Å²) < 4.78 is 11.3. The van der Waals surface area contributed by atoms with Gasteiger partial charge in [-0.25, -0.2) is 0 Å². The van der Waals surface area contributed by atoms with E-state index in [9.17, 15) is 0 Å². The third-order valence-corrected chi connectivity index (χ3v) is 2.16. The van der Waals surface area contributed by atoms with Crippen molar-refractivity contribution >= 4 is 15.9 Å². The van der Waals surface area contributed by atoms with Gasteiger partial charge in [0.2, 0.25) is 0 Å². The van der Waals surface area contributed by atoms with Crippen molar-refractivity contribution in [3.63, 3.8) is 0 Å². The van der Waals surface area contributed by atoms with E-state index >= 15 is 0 Å². The molecule has 0 bridgehead atoms. The molecule has 0 amide bonds. The number of hydrogen-bond donors (Lipinski definition) is 0. The van der Waals surface area contributed by atoms with E-state index in [0.717, 1.165) is 28.0 Å². The Bertz CT molecular complexity index is 334. The lowest BCUT2D eigenvalue weighted by molar-refractivity contribution is 0.391. The van der Waals surface area contributed by atoms with Gasteiger partial charge in [0.05, 0.1) is 14.2 Å². The van der Waals surface area contributed by atoms with Crippen molar-refractivity contribution in [3.05, 3.63) is 34.8 Å². The predicted octanol–water partition coefficient (Wildman–Crippen LogP) is 3.15. The summed E-state index contributed by atoms with van der Waals surface area (Å²) in [6, 6.07) is 5.75. The molecular formula is C11H13BrO2. The summed E-state index contributed by atoms with van der Waals surface area (Å²) in [4.78, 5) is 0. The van der Waals surface area contributed by atoms with Crippen LogP contribution in [0.1, 0.15) is 5.56 Å². The zero-order valence-electron chi connectivity index (χ0n) is 8.34. The zero-order chi connectivity index (χ0) is 10.6. The molecule has 0 radical (unpaired) electrons. The Balaban J connectivity index is 2.98. The SMILES string of the molecule is C=C(Br)Cc1ccc(OC)cc1OC. The minimum Gasteiger partial charge on any atom is -0.497 e. The normalized spacial score (nSPS) is 9.64. The van der Waals surface area contributed by atoms with Gasteiger partial charge in [-0.2, -0.15) is 0 Å². The summed E-state index contributed by atoms with van der Waals surface area (Å²) in [5, 5.41) is 0. The molecular weight excluding hydrogens is 244 g/mol. The number of allylic oxidation sites excluding steroid dienone is 1. The van der Waals surface area contributed by atoms with E-state index in [4.69, 9.17) is 9.47 Å². The van der Waals surface area contributed by atoms with Gasteiger partial charge < -0.3 is 9.47 Å². The van der Waals surface area contributed by atoms with E-state index in [2.05, 4.69) is 22.5 Å². The summed E-state index contributed by atoms with van der Waals surface area (Å²) in [5.41, 5.74) is 1.09. The highest BCUT2D eigenvalue weighted by atomic mass is 79.9. The van der Waals surface area contributed by atoms with Crippen LogP contribution in [-0.4, -0.2) is 14.2 Å². The maximum absolute atomic E-state index is 5.25. The second-order valence-electron chi connectivity index (χ2n) is 2.87. The fourth-order valence-electron chi connectivity index (χ4n) is 1.20. The van der Waals surface area contributed by atoms with Crippen LogP contribution in [0.4, 0.5) is 0 Å². The molecule has 3 heteroatoms. The Morgan fingerprint density at radius 2 is 2.07 bits per heavy atom. The third kappa shape index (κ3) is 2.77. The summed E-state index contributed by atoms with van der Waals surface area (Å²) in [6.45, 7) is 3.80. The van der Waals surface area contributed by atoms with Crippen molar-refractivity contribution < 1.29 is 9.47 Å². The van der Waals surface area contributed by atoms with Gasteiger partial charge in [0.1, 0.15) is 11.5 Å². The van der Waals surface area contributed by atoms with E-state index in [1.165, 1.54) is 0 Å². The molecule has 0 heterocycles. The molecule has 1 aromatic rings. The Kier molecular flexibility index (Phi) is 4.01. The Labute approximate surface area is 92.7 Å². The van der Waals surface area contributed by atoms with Gasteiger partial charge in [-0.3, -0.25) is 0 Å². The van der Waals surface area contributed by atoms with Crippen LogP contribution in [0.15, 0.2) is 29.3 Å². The molecule has 14 heavy (non-hydrogen) atoms. The molecule has 0 aliphatic rings. The van der Waals surface area contributed by atoms with Crippen molar-refractivity contribution in [2.45, 2.75) is 6.42 Å². The van der Waals surface area contributed by atoms with Crippen molar-refractivity contribution in [2.24, 2.45) is 0 Å². The van der Waals surface area contributed by atoms with Crippen LogP contribution in [0.25, 0.3) is 0 Å². The molecule has 1 aromatic carbocycles. The molecule has 2 nitrogen and oxygen atoms in total. The Hall–Kier alpha value is -0.960. The largest absolute Gasteiger partial charge is 0.497 e. The molecule has 0 saturated carbocycles. The minimum absolute atomic E-state index is 0.757. The number of benzene rings is 1. The zero-order valence-corrected chi connectivity index (χ0v) is 9.93. The third-order valence-electron chi connectivity index (χ3n) is 1.88. The van der Waals surface area contributed by atoms with Gasteiger partial charge in [-0.05, 0) is 16.1 Å². The van der Waals surface area contributed by atoms with Crippen molar-refractivity contribution in [1.29, 1.82) is 0 Å². The van der Waals surface area contributed by atoms with Crippen LogP contribution < -0.4 is 9.47 Å². The van der Waals surface area contributed by atoms with Crippen molar-refractivity contribution in [3.8, 4) is 11.5 Å². The molecule has 76 valence electrons. The second-order valence-corrected chi connectivity index (χ2v) is 3.99. The fraction of sp³-hybridized carbons (Fsp3) is 0.273. The van der Waals surface area contributed by atoms with Crippen LogP contribution in [0.3, 0.4) is 0 Å². The summed E-state index contributed by atoms with van der Waals surface area (Å²) in [5.74, 6) is 1.62. The first-order valence-electron chi connectivity index (χ1n) is 4.21. The van der Waals surface area contributed by atoms with E-state index in [1.54, 1.807) is 14.2 Å². The summed E-state index contributed by atoms with van der Waals surface area (Å²) >= 11 is 3.33. The molecule has 0 N–H and O–H groups in total. The topological polar surface area (TPSA) is 18.5 Å². The van der Waals surface area contributed by atoms with Gasteiger partial charge in [-0.15, -0.1) is 0 Å². The van der Waals surface area contributed by atoms with Crippen LogP contribution >= 0.6 is 15.9 Å². The molecule has 0 aliphatic heterocycles. The quantitative estimate of drug-likeness (QED) is 0.824. The molecule has 0 saturated heterocycles. The maximum Gasteiger partial charge on any atom is 0.126 e. The van der Waals surface area contributed by atoms with Crippen LogP contribution in [0.2, 0.25) is 0 Å². The van der Waals surface area contributed by atoms with Crippen molar-refractivity contribution in [1.82, 2.24) is 0 Å². The highest BCUT2D eigenvalue weighted by molar-refractivity contribution is 9.11. The molecule has 0 fully saturated rings. The molecule has 1 rings (SSSR count). The smallest absolute Gasteiger partial charge is 0.126 e. The molecule has 0 spiro atoms. The number of rotatable bonds is 4. The lowest BCUT2D eigenvalue weighted by Gasteiger charge is -2.09. The lowest BCUT2D eigenvalue weighted by Crippen LogP contribution is -1.93. The number of hydrogen-bond acceptors (Lipinski definition) is 2. The first-order chi connectivity index (χ1) is 6.67. The van der Waals surface area contributed by atoms with E-state index < -0.39 is 0 Å². The van der Waals surface area contributed by atoms with Crippen LogP contribution in [-0.2, 0) is 6.42 Å². The lowest BCUT2D eigenvalue weighted by atomic mass is 10.1. The standard InChI is InChI=1S/C11H13BrO2/c1-8(12)6-9-4-5-10(13-2)7-11(9)14-3/h4-5,7H,1,6H2,2-3H3. The van der Waals surface area contributed by atoms with Crippen LogP contribution in [0, 0.1) is 0 Å². The molecule has 0 atom stereocenters. The maximum atomic E-state index is 5.25. The van der Waals surface area contributed by atoms with Gasteiger partial charge in [0.15, 0.2) is 0 Å². The van der Waals surface area contributed by atoms with Gasteiger partial charge >= 0.3 is 0 Å². The monoisotopic (exact) mass is 256 g/mol. The Morgan fingerprint density at radius 3 is 2.57 bits per heavy atom. The first-order valence-corrected chi connectivity index (χ1v) is 5.01. The number of halogens is 1. The van der Waals surface area contributed by atoms with Crippen molar-refractivity contribution in [2.75, 3.05) is 14.2 Å². The highest BCUT2D eigenvalue weighted by Gasteiger charge is 2.04. The second kappa shape index (κ2) is 5.05.